The maximum Gasteiger partial charge on any atom is 0.335 e. The summed E-state index contributed by atoms with van der Waals surface area (Å²) in [5.74, 6) is -0.215. The highest BCUT2D eigenvalue weighted by molar-refractivity contribution is 5.94. The molecule has 0 spiro atoms. The molecule has 4 heterocycles. The molecule has 2 aliphatic rings. The molecule has 2 aromatic carbocycles. The van der Waals surface area contributed by atoms with Gasteiger partial charge in [0.1, 0.15) is 5.69 Å². The van der Waals surface area contributed by atoms with E-state index in [1.54, 1.807) is 15.2 Å². The SMILES string of the molecule is Cl.O=C(NC1CCOCC1)c1ccc2c(n1)n([C@H]1CCNC1)c(=O)n2-c1ccc(-c2ccccc2)cc1. The van der Waals surface area contributed by atoms with Crippen LogP contribution in [0.25, 0.3) is 28.0 Å². The summed E-state index contributed by atoms with van der Waals surface area (Å²) in [6.07, 6.45) is 2.43. The van der Waals surface area contributed by atoms with Gasteiger partial charge in [0.05, 0.1) is 17.2 Å². The molecule has 0 unspecified atom stereocenters. The third-order valence-electron chi connectivity index (χ3n) is 7.14. The summed E-state index contributed by atoms with van der Waals surface area (Å²) in [5.41, 5.74) is 4.41. The molecule has 37 heavy (non-hydrogen) atoms. The Hall–Kier alpha value is -3.46. The lowest BCUT2D eigenvalue weighted by Crippen LogP contribution is -2.39. The van der Waals surface area contributed by atoms with E-state index in [4.69, 9.17) is 9.72 Å². The van der Waals surface area contributed by atoms with E-state index in [2.05, 4.69) is 22.8 Å². The number of carbonyl (C=O) groups is 1. The second-order valence-corrected chi connectivity index (χ2v) is 9.45. The normalized spacial score (nSPS) is 18.0. The predicted molar refractivity (Wildman–Crippen MR) is 146 cm³/mol. The molecular formula is C28H30ClN5O3. The van der Waals surface area contributed by atoms with Gasteiger partial charge in [-0.3, -0.25) is 13.9 Å². The average molecular weight is 520 g/mol. The summed E-state index contributed by atoms with van der Waals surface area (Å²) < 4.78 is 8.85. The monoisotopic (exact) mass is 519 g/mol. The van der Waals surface area contributed by atoms with Crippen LogP contribution in [0, 0.1) is 0 Å². The Kier molecular flexibility index (Phi) is 7.41. The van der Waals surface area contributed by atoms with Gasteiger partial charge in [0.25, 0.3) is 5.91 Å². The molecule has 4 aromatic rings. The van der Waals surface area contributed by atoms with Crippen LogP contribution in [0.1, 0.15) is 35.8 Å². The van der Waals surface area contributed by atoms with Gasteiger partial charge in [-0.25, -0.2) is 9.78 Å². The van der Waals surface area contributed by atoms with Crippen molar-refractivity contribution in [2.24, 2.45) is 0 Å². The van der Waals surface area contributed by atoms with Gasteiger partial charge in [0, 0.05) is 25.8 Å². The summed E-state index contributed by atoms with van der Waals surface area (Å²) in [4.78, 5) is 31.5. The molecule has 2 saturated heterocycles. The minimum atomic E-state index is -0.215. The van der Waals surface area contributed by atoms with Gasteiger partial charge in [0.15, 0.2) is 5.65 Å². The number of benzene rings is 2. The van der Waals surface area contributed by atoms with Crippen LogP contribution in [0.4, 0.5) is 0 Å². The minimum absolute atomic E-state index is 0. The van der Waals surface area contributed by atoms with Crippen LogP contribution in [0.2, 0.25) is 0 Å². The molecule has 1 amide bonds. The summed E-state index contributed by atoms with van der Waals surface area (Å²) >= 11 is 0. The lowest BCUT2D eigenvalue weighted by Gasteiger charge is -2.22. The van der Waals surface area contributed by atoms with Crippen molar-refractivity contribution in [2.45, 2.75) is 31.3 Å². The third-order valence-corrected chi connectivity index (χ3v) is 7.14. The smallest absolute Gasteiger partial charge is 0.335 e. The molecule has 2 aromatic heterocycles. The van der Waals surface area contributed by atoms with Gasteiger partial charge in [0.2, 0.25) is 0 Å². The average Bonchev–Trinajstić information content (AvgIpc) is 3.55. The zero-order valence-electron chi connectivity index (χ0n) is 20.4. The van der Waals surface area contributed by atoms with E-state index >= 15 is 0 Å². The van der Waals surface area contributed by atoms with Crippen molar-refractivity contribution in [3.8, 4) is 16.8 Å². The van der Waals surface area contributed by atoms with Gasteiger partial charge in [-0.1, -0.05) is 42.5 Å². The molecule has 0 aliphatic carbocycles. The number of halogens is 1. The Morgan fingerprint density at radius 1 is 0.946 bits per heavy atom. The largest absolute Gasteiger partial charge is 0.381 e. The number of aromatic nitrogens is 3. The fraction of sp³-hybridized carbons (Fsp3) is 0.321. The summed E-state index contributed by atoms with van der Waals surface area (Å²) in [7, 11) is 0. The maximum absolute atomic E-state index is 13.8. The van der Waals surface area contributed by atoms with Crippen molar-refractivity contribution in [2.75, 3.05) is 26.3 Å². The Morgan fingerprint density at radius 3 is 2.38 bits per heavy atom. The number of hydrogen-bond donors (Lipinski definition) is 2. The van der Waals surface area contributed by atoms with E-state index in [9.17, 15) is 9.59 Å². The standard InChI is InChI=1S/C28H29N5O3.ClH/c34-27(30-21-13-16-36-17-14-21)24-10-11-25-26(31-24)33(23-12-15-29-18-23)28(35)32(25)22-8-6-20(7-9-22)19-4-2-1-3-5-19;/h1-11,21,23,29H,12-18H2,(H,30,34);1H/t23-;/m0./s1. The van der Waals surface area contributed by atoms with Crippen LogP contribution in [0.3, 0.4) is 0 Å². The topological polar surface area (TPSA) is 90.2 Å². The van der Waals surface area contributed by atoms with E-state index in [1.165, 1.54) is 0 Å². The second-order valence-electron chi connectivity index (χ2n) is 9.45. The van der Waals surface area contributed by atoms with Crippen LogP contribution >= 0.6 is 12.4 Å². The number of pyridine rings is 1. The van der Waals surface area contributed by atoms with E-state index < -0.39 is 0 Å². The number of imidazole rings is 1. The van der Waals surface area contributed by atoms with E-state index in [-0.39, 0.29) is 36.1 Å². The van der Waals surface area contributed by atoms with Crippen molar-refractivity contribution in [1.82, 2.24) is 24.8 Å². The summed E-state index contributed by atoms with van der Waals surface area (Å²) in [6.45, 7) is 2.85. The van der Waals surface area contributed by atoms with Crippen LogP contribution in [0.15, 0.2) is 71.5 Å². The summed E-state index contributed by atoms with van der Waals surface area (Å²) in [5, 5.41) is 6.42. The van der Waals surface area contributed by atoms with Crippen molar-refractivity contribution in [1.29, 1.82) is 0 Å². The van der Waals surface area contributed by atoms with Crippen molar-refractivity contribution < 1.29 is 9.53 Å². The Labute approximate surface area is 221 Å². The van der Waals surface area contributed by atoms with Gasteiger partial charge in [-0.15, -0.1) is 12.4 Å². The van der Waals surface area contributed by atoms with Gasteiger partial charge in [-0.05, 0) is 61.2 Å². The predicted octanol–water partition coefficient (Wildman–Crippen LogP) is 3.72. The lowest BCUT2D eigenvalue weighted by molar-refractivity contribution is 0.0694. The first-order valence-electron chi connectivity index (χ1n) is 12.6. The van der Waals surface area contributed by atoms with Crippen LogP contribution in [-0.2, 0) is 4.74 Å². The maximum atomic E-state index is 13.8. The van der Waals surface area contributed by atoms with Crippen LogP contribution in [-0.4, -0.2) is 52.4 Å². The molecule has 2 aliphatic heterocycles. The number of nitrogens with zero attached hydrogens (tertiary/aromatic N) is 3. The van der Waals surface area contributed by atoms with Crippen molar-refractivity contribution >= 4 is 29.5 Å². The van der Waals surface area contributed by atoms with Crippen molar-refractivity contribution in [3.05, 3.63) is 82.9 Å². The third kappa shape index (κ3) is 4.92. The zero-order chi connectivity index (χ0) is 24.5. The Balaban J connectivity index is 0.00000280. The molecule has 2 fully saturated rings. The molecule has 192 valence electrons. The number of ether oxygens (including phenoxy) is 1. The van der Waals surface area contributed by atoms with Gasteiger partial charge < -0.3 is 15.4 Å². The molecule has 9 heteroatoms. The Bertz CT molecular complexity index is 1440. The first-order valence-corrected chi connectivity index (χ1v) is 12.6. The molecule has 6 rings (SSSR count). The van der Waals surface area contributed by atoms with Gasteiger partial charge >= 0.3 is 5.69 Å². The molecule has 2 N–H and O–H groups in total. The number of nitrogens with one attached hydrogen (secondary N) is 2. The first-order chi connectivity index (χ1) is 17.7. The molecular weight excluding hydrogens is 490 g/mol. The quantitative estimate of drug-likeness (QED) is 0.419. The number of hydrogen-bond acceptors (Lipinski definition) is 5. The molecule has 0 saturated carbocycles. The second kappa shape index (κ2) is 10.9. The molecule has 1 atom stereocenters. The van der Waals surface area contributed by atoms with Gasteiger partial charge in [-0.2, -0.15) is 0 Å². The molecule has 0 bridgehead atoms. The first kappa shape index (κ1) is 25.2. The summed E-state index contributed by atoms with van der Waals surface area (Å²) in [6, 6.07) is 21.8. The van der Waals surface area contributed by atoms with E-state index in [1.807, 2.05) is 48.5 Å². The lowest BCUT2D eigenvalue weighted by atomic mass is 10.1. The number of rotatable bonds is 5. The zero-order valence-corrected chi connectivity index (χ0v) is 21.2. The highest BCUT2D eigenvalue weighted by atomic mass is 35.5. The van der Waals surface area contributed by atoms with E-state index in [0.717, 1.165) is 42.6 Å². The van der Waals surface area contributed by atoms with E-state index in [0.29, 0.717) is 36.6 Å². The number of carbonyl (C=O) groups excluding carboxylic acids is 1. The fourth-order valence-corrected chi connectivity index (χ4v) is 5.19. The van der Waals surface area contributed by atoms with Crippen LogP contribution < -0.4 is 16.3 Å². The molecule has 0 radical (unpaired) electrons. The fourth-order valence-electron chi connectivity index (χ4n) is 5.19. The van der Waals surface area contributed by atoms with Crippen LogP contribution in [0.5, 0.6) is 0 Å². The van der Waals surface area contributed by atoms with Crippen molar-refractivity contribution in [3.63, 3.8) is 0 Å². The highest BCUT2D eigenvalue weighted by Gasteiger charge is 2.26. The number of fused-ring (bicyclic) bond motifs is 1. The minimum Gasteiger partial charge on any atom is -0.381 e. The number of amides is 1. The molecule has 8 nitrogen and oxygen atoms in total. The highest BCUT2D eigenvalue weighted by Crippen LogP contribution is 2.25. The Morgan fingerprint density at radius 2 is 1.68 bits per heavy atom.